The van der Waals surface area contributed by atoms with Crippen molar-refractivity contribution in [1.82, 2.24) is 24.9 Å². The van der Waals surface area contributed by atoms with Crippen molar-refractivity contribution in [2.24, 2.45) is 7.05 Å². The van der Waals surface area contributed by atoms with Gasteiger partial charge in [0.05, 0.1) is 18.8 Å². The molecular formula is C14H22F3N5O. The maximum Gasteiger partial charge on any atom is 0.401 e. The fraction of sp³-hybridized carbons (Fsp3) is 0.714. The van der Waals surface area contributed by atoms with Crippen molar-refractivity contribution < 1.29 is 18.0 Å². The van der Waals surface area contributed by atoms with E-state index in [2.05, 4.69) is 10.4 Å². The molecule has 0 spiro atoms. The lowest BCUT2D eigenvalue weighted by molar-refractivity contribution is -0.145. The van der Waals surface area contributed by atoms with E-state index in [1.165, 1.54) is 4.90 Å². The number of carbonyl (C=O) groups excluding carboxylic acids is 1. The third kappa shape index (κ3) is 5.42. The predicted octanol–water partition coefficient (Wildman–Crippen LogP) is 1.76. The summed E-state index contributed by atoms with van der Waals surface area (Å²) in [7, 11) is 1.79. The highest BCUT2D eigenvalue weighted by Crippen LogP contribution is 2.18. The number of urea groups is 1. The Kier molecular flexibility index (Phi) is 5.51. The number of aromatic nitrogens is 2. The summed E-state index contributed by atoms with van der Waals surface area (Å²) in [5.74, 6) is 0. The second-order valence-corrected chi connectivity index (χ2v) is 5.85. The van der Waals surface area contributed by atoms with Gasteiger partial charge in [-0.15, -0.1) is 0 Å². The van der Waals surface area contributed by atoms with Gasteiger partial charge in [-0.1, -0.05) is 0 Å². The van der Waals surface area contributed by atoms with E-state index in [0.717, 1.165) is 5.56 Å². The Morgan fingerprint density at radius 1 is 1.35 bits per heavy atom. The number of hydrogen-bond acceptors (Lipinski definition) is 3. The van der Waals surface area contributed by atoms with Crippen molar-refractivity contribution in [2.45, 2.75) is 25.6 Å². The van der Waals surface area contributed by atoms with Gasteiger partial charge in [0.1, 0.15) is 0 Å². The first-order chi connectivity index (χ1) is 10.7. The Bertz CT molecular complexity index is 531. The maximum atomic E-state index is 12.4. The van der Waals surface area contributed by atoms with E-state index >= 15 is 0 Å². The van der Waals surface area contributed by atoms with Crippen molar-refractivity contribution in [1.29, 1.82) is 0 Å². The van der Waals surface area contributed by atoms with Gasteiger partial charge in [0.25, 0.3) is 0 Å². The Hall–Kier alpha value is -1.77. The minimum absolute atomic E-state index is 0.203. The number of nitrogens with zero attached hydrogens (tertiary/aromatic N) is 4. The van der Waals surface area contributed by atoms with E-state index < -0.39 is 12.7 Å². The van der Waals surface area contributed by atoms with Crippen LogP contribution in [0.4, 0.5) is 18.0 Å². The summed E-state index contributed by atoms with van der Waals surface area (Å²) < 4.78 is 39.0. The average Bonchev–Trinajstić information content (AvgIpc) is 2.74. The van der Waals surface area contributed by atoms with Gasteiger partial charge in [-0.2, -0.15) is 18.3 Å². The van der Waals surface area contributed by atoms with Crippen LogP contribution in [0, 0.1) is 0 Å². The van der Waals surface area contributed by atoms with Crippen LogP contribution >= 0.6 is 0 Å². The van der Waals surface area contributed by atoms with Crippen LogP contribution in [0.15, 0.2) is 12.4 Å². The van der Waals surface area contributed by atoms with E-state index in [0.29, 0.717) is 26.1 Å². The van der Waals surface area contributed by atoms with Gasteiger partial charge in [-0.25, -0.2) is 4.79 Å². The molecule has 1 N–H and O–H groups in total. The van der Waals surface area contributed by atoms with Crippen LogP contribution in [0.1, 0.15) is 24.9 Å². The lowest BCUT2D eigenvalue weighted by atomic mass is 10.2. The minimum atomic E-state index is -4.20. The molecule has 1 aromatic rings. The van der Waals surface area contributed by atoms with Gasteiger partial charge in [-0.05, 0) is 13.3 Å². The first kappa shape index (κ1) is 17.6. The van der Waals surface area contributed by atoms with Crippen LogP contribution in [-0.2, 0) is 7.05 Å². The second-order valence-electron chi connectivity index (χ2n) is 5.85. The smallest absolute Gasteiger partial charge is 0.331 e. The minimum Gasteiger partial charge on any atom is -0.331 e. The van der Waals surface area contributed by atoms with Crippen molar-refractivity contribution >= 4 is 6.03 Å². The topological polar surface area (TPSA) is 53.4 Å². The highest BCUT2D eigenvalue weighted by atomic mass is 19.4. The SMILES string of the molecule is C[C@H](NC(=O)N1CCCN(CC(F)(F)F)CC1)c1cnn(C)c1. The number of hydrogen-bond donors (Lipinski definition) is 1. The number of rotatable bonds is 3. The molecular weight excluding hydrogens is 311 g/mol. The van der Waals surface area contributed by atoms with Crippen LogP contribution in [0.5, 0.6) is 0 Å². The van der Waals surface area contributed by atoms with Gasteiger partial charge in [0.15, 0.2) is 0 Å². The first-order valence-corrected chi connectivity index (χ1v) is 7.58. The Morgan fingerprint density at radius 3 is 2.70 bits per heavy atom. The molecule has 2 amide bonds. The number of aryl methyl sites for hydroxylation is 1. The number of amides is 2. The number of carbonyl (C=O) groups is 1. The van der Waals surface area contributed by atoms with Crippen LogP contribution < -0.4 is 5.32 Å². The van der Waals surface area contributed by atoms with E-state index in [1.807, 2.05) is 13.1 Å². The molecule has 1 atom stereocenters. The molecule has 0 saturated carbocycles. The molecule has 0 unspecified atom stereocenters. The normalized spacial score (nSPS) is 18.6. The van der Waals surface area contributed by atoms with E-state index in [1.54, 1.807) is 22.8 Å². The molecule has 1 fully saturated rings. The molecule has 1 aromatic heterocycles. The van der Waals surface area contributed by atoms with Crippen LogP contribution in [0.2, 0.25) is 0 Å². The molecule has 0 bridgehead atoms. The van der Waals surface area contributed by atoms with Gasteiger partial charge >= 0.3 is 12.2 Å². The summed E-state index contributed by atoms with van der Waals surface area (Å²) >= 11 is 0. The molecule has 1 aliphatic rings. The number of nitrogens with one attached hydrogen (secondary N) is 1. The van der Waals surface area contributed by atoms with Gasteiger partial charge in [0, 0.05) is 45.0 Å². The third-order valence-corrected chi connectivity index (χ3v) is 3.84. The average molecular weight is 333 g/mol. The maximum absolute atomic E-state index is 12.4. The Labute approximate surface area is 133 Å². The standard InChI is InChI=1S/C14H22F3N5O/c1-11(12-8-18-20(2)9-12)19-13(23)22-5-3-4-21(6-7-22)10-14(15,16)17/h8-9,11H,3-7,10H2,1-2H3,(H,19,23)/t11-/m0/s1. The molecule has 2 heterocycles. The van der Waals surface area contributed by atoms with Crippen molar-refractivity contribution in [3.63, 3.8) is 0 Å². The highest BCUT2D eigenvalue weighted by molar-refractivity contribution is 5.74. The van der Waals surface area contributed by atoms with Crippen molar-refractivity contribution in [3.05, 3.63) is 18.0 Å². The molecule has 0 aliphatic carbocycles. The summed E-state index contributed by atoms with van der Waals surface area (Å²) in [4.78, 5) is 15.2. The number of alkyl halides is 3. The zero-order valence-electron chi connectivity index (χ0n) is 13.3. The molecule has 1 aliphatic heterocycles. The number of halogens is 3. The summed E-state index contributed by atoms with van der Waals surface area (Å²) in [6.45, 7) is 2.26. The van der Waals surface area contributed by atoms with Crippen LogP contribution in [-0.4, -0.2) is 64.5 Å². The predicted molar refractivity (Wildman–Crippen MR) is 78.8 cm³/mol. The Balaban J connectivity index is 1.85. The van der Waals surface area contributed by atoms with Crippen LogP contribution in [0.3, 0.4) is 0 Å². The summed E-state index contributed by atoms with van der Waals surface area (Å²) in [5.41, 5.74) is 0.884. The van der Waals surface area contributed by atoms with E-state index in [-0.39, 0.29) is 18.6 Å². The molecule has 6 nitrogen and oxygen atoms in total. The fourth-order valence-corrected chi connectivity index (χ4v) is 2.61. The summed E-state index contributed by atoms with van der Waals surface area (Å²) in [6, 6.07) is -0.457. The van der Waals surface area contributed by atoms with Gasteiger partial charge in [0.2, 0.25) is 0 Å². The van der Waals surface area contributed by atoms with Crippen molar-refractivity contribution in [2.75, 3.05) is 32.7 Å². The monoisotopic (exact) mass is 333 g/mol. The molecule has 0 radical (unpaired) electrons. The molecule has 0 aromatic carbocycles. The molecule has 23 heavy (non-hydrogen) atoms. The third-order valence-electron chi connectivity index (χ3n) is 3.84. The quantitative estimate of drug-likeness (QED) is 0.917. The van der Waals surface area contributed by atoms with E-state index in [9.17, 15) is 18.0 Å². The largest absolute Gasteiger partial charge is 0.401 e. The zero-order chi connectivity index (χ0) is 17.0. The lowest BCUT2D eigenvalue weighted by Gasteiger charge is -2.24. The fourth-order valence-electron chi connectivity index (χ4n) is 2.61. The van der Waals surface area contributed by atoms with Crippen LogP contribution in [0.25, 0.3) is 0 Å². The molecule has 1 saturated heterocycles. The Morgan fingerprint density at radius 2 is 2.09 bits per heavy atom. The molecule has 130 valence electrons. The summed E-state index contributed by atoms with van der Waals surface area (Å²) in [6.07, 6.45) is -0.173. The van der Waals surface area contributed by atoms with Crippen molar-refractivity contribution in [3.8, 4) is 0 Å². The second kappa shape index (κ2) is 7.20. The summed E-state index contributed by atoms with van der Waals surface area (Å²) in [5, 5.41) is 6.92. The molecule has 2 rings (SSSR count). The van der Waals surface area contributed by atoms with E-state index in [4.69, 9.17) is 0 Å². The van der Waals surface area contributed by atoms with Gasteiger partial charge < -0.3 is 10.2 Å². The first-order valence-electron chi connectivity index (χ1n) is 7.58. The zero-order valence-corrected chi connectivity index (χ0v) is 13.3. The lowest BCUT2D eigenvalue weighted by Crippen LogP contribution is -2.43. The molecule has 9 heteroatoms. The highest BCUT2D eigenvalue weighted by Gasteiger charge is 2.32. The van der Waals surface area contributed by atoms with Gasteiger partial charge in [-0.3, -0.25) is 9.58 Å².